The van der Waals surface area contributed by atoms with Gasteiger partial charge in [-0.3, -0.25) is 0 Å². The fourth-order valence-corrected chi connectivity index (χ4v) is 1.83. The number of carbonyl (C=O) groups is 1. The first-order valence-electron chi connectivity index (χ1n) is 6.00. The molecule has 100 valence electrons. The molecule has 5 heteroatoms. The van der Waals surface area contributed by atoms with Crippen LogP contribution in [0.3, 0.4) is 0 Å². The molecule has 1 aromatic carbocycles. The van der Waals surface area contributed by atoms with Crippen molar-refractivity contribution in [2.45, 2.75) is 26.8 Å². The van der Waals surface area contributed by atoms with Crippen LogP contribution in [0, 0.1) is 13.8 Å². The fourth-order valence-electron chi connectivity index (χ4n) is 1.83. The first-order chi connectivity index (χ1) is 8.97. The van der Waals surface area contributed by atoms with Crippen LogP contribution >= 0.6 is 0 Å². The van der Waals surface area contributed by atoms with E-state index in [4.69, 9.17) is 9.52 Å². The summed E-state index contributed by atoms with van der Waals surface area (Å²) in [7, 11) is 0. The zero-order valence-electron chi connectivity index (χ0n) is 11.1. The number of hydrogen-bond donors (Lipinski definition) is 2. The maximum atomic E-state index is 11.2. The molecule has 1 heterocycles. The van der Waals surface area contributed by atoms with E-state index in [0.29, 0.717) is 11.6 Å². The monoisotopic (exact) mass is 260 g/mol. The number of carboxylic acid groups (broad SMARTS) is 1. The van der Waals surface area contributed by atoms with Crippen molar-refractivity contribution in [1.82, 2.24) is 4.98 Å². The molecule has 19 heavy (non-hydrogen) atoms. The third-order valence-electron chi connectivity index (χ3n) is 2.79. The average Bonchev–Trinajstić information content (AvgIpc) is 2.75. The van der Waals surface area contributed by atoms with Crippen molar-refractivity contribution in [2.75, 3.05) is 5.32 Å². The molecule has 0 saturated carbocycles. The number of oxazole rings is 1. The van der Waals surface area contributed by atoms with Crippen molar-refractivity contribution in [3.8, 4) is 0 Å². The van der Waals surface area contributed by atoms with Crippen LogP contribution < -0.4 is 5.32 Å². The van der Waals surface area contributed by atoms with Gasteiger partial charge in [-0.2, -0.15) is 0 Å². The molecule has 0 aliphatic carbocycles. The molecule has 1 atom stereocenters. The van der Waals surface area contributed by atoms with Gasteiger partial charge >= 0.3 is 5.97 Å². The van der Waals surface area contributed by atoms with Crippen LogP contribution in [0.25, 0.3) is 0 Å². The quantitative estimate of drug-likeness (QED) is 0.883. The Labute approximate surface area is 111 Å². The van der Waals surface area contributed by atoms with Gasteiger partial charge in [0.05, 0.1) is 11.8 Å². The number of aromatic nitrogens is 1. The minimum Gasteiger partial charge on any atom is -0.478 e. The molecule has 0 fully saturated rings. The van der Waals surface area contributed by atoms with Gasteiger partial charge in [0.25, 0.3) is 0 Å². The van der Waals surface area contributed by atoms with Gasteiger partial charge in [-0.1, -0.05) is 6.07 Å². The number of nitrogens with zero attached hydrogens (tertiary/aromatic N) is 1. The molecule has 2 rings (SSSR count). The van der Waals surface area contributed by atoms with Crippen LogP contribution in [-0.4, -0.2) is 16.1 Å². The summed E-state index contributed by atoms with van der Waals surface area (Å²) in [4.78, 5) is 15.3. The van der Waals surface area contributed by atoms with Gasteiger partial charge < -0.3 is 14.8 Å². The first kappa shape index (κ1) is 13.1. The van der Waals surface area contributed by atoms with E-state index in [0.717, 1.165) is 11.3 Å². The normalized spacial score (nSPS) is 12.2. The molecule has 0 amide bonds. The van der Waals surface area contributed by atoms with Gasteiger partial charge in [0.15, 0.2) is 0 Å². The molecule has 1 aromatic heterocycles. The van der Waals surface area contributed by atoms with Crippen molar-refractivity contribution >= 4 is 11.7 Å². The Morgan fingerprint density at radius 2 is 2.16 bits per heavy atom. The van der Waals surface area contributed by atoms with Gasteiger partial charge in [0.2, 0.25) is 5.89 Å². The Balaban J connectivity index is 2.27. The average molecular weight is 260 g/mol. The van der Waals surface area contributed by atoms with Crippen molar-refractivity contribution < 1.29 is 14.3 Å². The van der Waals surface area contributed by atoms with Crippen molar-refractivity contribution in [3.63, 3.8) is 0 Å². The summed E-state index contributed by atoms with van der Waals surface area (Å²) in [6.45, 7) is 5.61. The molecule has 5 nitrogen and oxygen atoms in total. The highest BCUT2D eigenvalue weighted by Gasteiger charge is 2.15. The van der Waals surface area contributed by atoms with E-state index < -0.39 is 5.97 Å². The standard InChI is InChI=1S/C14H16N2O3/c1-8-4-5-11(14(17)18)12(6-8)16-10(3)13-15-7-9(2)19-13/h4-7,10,16H,1-3H3,(H,17,18). The van der Waals surface area contributed by atoms with E-state index in [1.807, 2.05) is 20.8 Å². The molecule has 0 aliphatic heterocycles. The zero-order chi connectivity index (χ0) is 14.0. The third-order valence-corrected chi connectivity index (χ3v) is 2.79. The third kappa shape index (κ3) is 2.93. The molecule has 0 spiro atoms. The first-order valence-corrected chi connectivity index (χ1v) is 6.00. The highest BCUT2D eigenvalue weighted by Crippen LogP contribution is 2.23. The van der Waals surface area contributed by atoms with Gasteiger partial charge in [-0.25, -0.2) is 9.78 Å². The summed E-state index contributed by atoms with van der Waals surface area (Å²) in [5.74, 6) is 0.306. The number of carboxylic acids is 1. The van der Waals surface area contributed by atoms with Crippen LogP contribution in [0.5, 0.6) is 0 Å². The van der Waals surface area contributed by atoms with Crippen LogP contribution in [0.2, 0.25) is 0 Å². The van der Waals surface area contributed by atoms with E-state index in [1.54, 1.807) is 24.4 Å². The Kier molecular flexibility index (Phi) is 3.55. The van der Waals surface area contributed by atoms with Gasteiger partial charge in [0.1, 0.15) is 11.8 Å². The lowest BCUT2D eigenvalue weighted by Gasteiger charge is -2.14. The van der Waals surface area contributed by atoms with E-state index >= 15 is 0 Å². The Morgan fingerprint density at radius 1 is 1.42 bits per heavy atom. The number of anilines is 1. The molecule has 2 N–H and O–H groups in total. The Bertz CT molecular complexity index is 604. The number of aromatic carboxylic acids is 1. The molecule has 2 aromatic rings. The summed E-state index contributed by atoms with van der Waals surface area (Å²) in [5.41, 5.74) is 1.79. The summed E-state index contributed by atoms with van der Waals surface area (Å²) in [5, 5.41) is 12.3. The van der Waals surface area contributed by atoms with Gasteiger partial charge in [-0.05, 0) is 38.5 Å². The van der Waals surface area contributed by atoms with E-state index in [2.05, 4.69) is 10.3 Å². The lowest BCUT2D eigenvalue weighted by Crippen LogP contribution is -2.11. The van der Waals surface area contributed by atoms with Crippen LogP contribution in [0.1, 0.15) is 40.5 Å². The summed E-state index contributed by atoms with van der Waals surface area (Å²) >= 11 is 0. The predicted molar refractivity (Wildman–Crippen MR) is 71.4 cm³/mol. The molecule has 0 bridgehead atoms. The van der Waals surface area contributed by atoms with Gasteiger partial charge in [-0.15, -0.1) is 0 Å². The van der Waals surface area contributed by atoms with Crippen LogP contribution in [0.15, 0.2) is 28.8 Å². The summed E-state index contributed by atoms with van der Waals surface area (Å²) in [6, 6.07) is 4.96. The number of benzene rings is 1. The van der Waals surface area contributed by atoms with E-state index in [9.17, 15) is 4.79 Å². The fraction of sp³-hybridized carbons (Fsp3) is 0.286. The highest BCUT2D eigenvalue weighted by atomic mass is 16.4. The van der Waals surface area contributed by atoms with E-state index in [1.165, 1.54) is 0 Å². The van der Waals surface area contributed by atoms with Crippen molar-refractivity contribution in [3.05, 3.63) is 47.2 Å². The largest absolute Gasteiger partial charge is 0.478 e. The minimum atomic E-state index is -0.960. The number of hydrogen-bond acceptors (Lipinski definition) is 4. The summed E-state index contributed by atoms with van der Waals surface area (Å²) in [6.07, 6.45) is 1.64. The van der Waals surface area contributed by atoms with E-state index in [-0.39, 0.29) is 11.6 Å². The number of aryl methyl sites for hydroxylation is 2. The molecule has 0 radical (unpaired) electrons. The predicted octanol–water partition coefficient (Wildman–Crippen LogP) is 3.16. The maximum Gasteiger partial charge on any atom is 0.337 e. The summed E-state index contributed by atoms with van der Waals surface area (Å²) < 4.78 is 5.43. The number of rotatable bonds is 4. The van der Waals surface area contributed by atoms with Crippen molar-refractivity contribution in [2.24, 2.45) is 0 Å². The second-order valence-electron chi connectivity index (χ2n) is 4.53. The maximum absolute atomic E-state index is 11.2. The molecular formula is C14H16N2O3. The minimum absolute atomic E-state index is 0.200. The Morgan fingerprint density at radius 3 is 2.74 bits per heavy atom. The number of nitrogens with one attached hydrogen (secondary N) is 1. The second kappa shape index (κ2) is 5.14. The second-order valence-corrected chi connectivity index (χ2v) is 4.53. The molecule has 1 unspecified atom stereocenters. The SMILES string of the molecule is Cc1ccc(C(=O)O)c(NC(C)c2ncc(C)o2)c1. The lowest BCUT2D eigenvalue weighted by atomic mass is 10.1. The highest BCUT2D eigenvalue weighted by molar-refractivity contribution is 5.94. The van der Waals surface area contributed by atoms with Crippen molar-refractivity contribution in [1.29, 1.82) is 0 Å². The molecule has 0 saturated heterocycles. The van der Waals surface area contributed by atoms with Gasteiger partial charge in [0, 0.05) is 5.69 Å². The van der Waals surface area contributed by atoms with Crippen LogP contribution in [-0.2, 0) is 0 Å². The smallest absolute Gasteiger partial charge is 0.337 e. The Hall–Kier alpha value is -2.30. The molecular weight excluding hydrogens is 244 g/mol. The lowest BCUT2D eigenvalue weighted by molar-refractivity contribution is 0.0698. The molecule has 0 aliphatic rings. The zero-order valence-corrected chi connectivity index (χ0v) is 11.1. The topological polar surface area (TPSA) is 75.4 Å². The van der Waals surface area contributed by atoms with Crippen LogP contribution in [0.4, 0.5) is 5.69 Å².